The van der Waals surface area contributed by atoms with Crippen LogP contribution in [0.4, 0.5) is 0 Å². The highest BCUT2D eigenvalue weighted by atomic mass is 16.2. The zero-order valence-corrected chi connectivity index (χ0v) is 9.69. The number of hydrogen-bond donors (Lipinski definition) is 2. The Bertz CT molecular complexity index is 455. The summed E-state index contributed by atoms with van der Waals surface area (Å²) in [5.41, 5.74) is 5.63. The number of H-pyrrole nitrogens is 1. The second-order valence-electron chi connectivity index (χ2n) is 4.41. The first kappa shape index (κ1) is 11.9. The van der Waals surface area contributed by atoms with E-state index >= 15 is 0 Å². The lowest BCUT2D eigenvalue weighted by Crippen LogP contribution is -2.30. The van der Waals surface area contributed by atoms with Crippen molar-refractivity contribution in [3.63, 3.8) is 0 Å². The zero-order valence-electron chi connectivity index (χ0n) is 9.69. The topological polar surface area (TPSA) is 79.2 Å². The molecule has 17 heavy (non-hydrogen) atoms. The molecule has 1 amide bonds. The molecule has 0 aromatic carbocycles. The largest absolute Gasteiger partial charge is 0.337 e. The van der Waals surface area contributed by atoms with Crippen molar-refractivity contribution < 1.29 is 4.79 Å². The van der Waals surface area contributed by atoms with Gasteiger partial charge in [-0.2, -0.15) is 0 Å². The number of carbonyl (C=O) groups excluding carboxylic acids is 1. The molecule has 5 heteroatoms. The minimum atomic E-state index is -0.242. The maximum Gasteiger partial charge on any atom is 0.270 e. The number of aromatic amines is 1. The van der Waals surface area contributed by atoms with Crippen LogP contribution in [0.5, 0.6) is 0 Å². The van der Waals surface area contributed by atoms with E-state index in [9.17, 15) is 9.59 Å². The Morgan fingerprint density at radius 1 is 1.53 bits per heavy atom. The van der Waals surface area contributed by atoms with Crippen LogP contribution >= 0.6 is 0 Å². The number of aromatic nitrogens is 1. The van der Waals surface area contributed by atoms with Gasteiger partial charge in [-0.25, -0.2) is 0 Å². The summed E-state index contributed by atoms with van der Waals surface area (Å²) in [5, 5.41) is 0. The number of hydrogen-bond acceptors (Lipinski definition) is 3. The molecule has 1 fully saturated rings. The molecular weight excluding hydrogens is 218 g/mol. The molecule has 0 saturated carbocycles. The van der Waals surface area contributed by atoms with Gasteiger partial charge >= 0.3 is 0 Å². The van der Waals surface area contributed by atoms with E-state index in [1.54, 1.807) is 17.0 Å². The van der Waals surface area contributed by atoms with Crippen LogP contribution in [-0.4, -0.2) is 35.4 Å². The molecule has 1 saturated heterocycles. The fourth-order valence-corrected chi connectivity index (χ4v) is 2.23. The molecule has 3 N–H and O–H groups in total. The monoisotopic (exact) mass is 235 g/mol. The first-order chi connectivity index (χ1) is 8.20. The molecule has 1 aromatic rings. The number of carbonyl (C=O) groups is 1. The molecule has 5 nitrogen and oxygen atoms in total. The van der Waals surface area contributed by atoms with Crippen LogP contribution in [-0.2, 0) is 0 Å². The Hall–Kier alpha value is -1.62. The van der Waals surface area contributed by atoms with Gasteiger partial charge in [0.1, 0.15) is 5.69 Å². The van der Waals surface area contributed by atoms with Gasteiger partial charge in [0.25, 0.3) is 5.91 Å². The first-order valence-electron chi connectivity index (χ1n) is 5.89. The summed E-state index contributed by atoms with van der Waals surface area (Å²) in [5.74, 6) is 0.404. The van der Waals surface area contributed by atoms with Gasteiger partial charge in [-0.1, -0.05) is 6.07 Å². The second-order valence-corrected chi connectivity index (χ2v) is 4.41. The molecule has 0 radical (unpaired) electrons. The highest BCUT2D eigenvalue weighted by Gasteiger charge is 2.26. The predicted octanol–water partition coefficient (Wildman–Crippen LogP) is 0.186. The van der Waals surface area contributed by atoms with E-state index in [1.807, 2.05) is 0 Å². The Kier molecular flexibility index (Phi) is 3.58. The minimum Gasteiger partial charge on any atom is -0.337 e. The Morgan fingerprint density at radius 3 is 3.06 bits per heavy atom. The molecular formula is C12H17N3O2. The molecule has 0 aliphatic carbocycles. The van der Waals surface area contributed by atoms with Gasteiger partial charge in [0, 0.05) is 19.2 Å². The van der Waals surface area contributed by atoms with Gasteiger partial charge < -0.3 is 15.6 Å². The standard InChI is InChI=1S/C12H17N3O2/c13-6-4-9-5-7-15(8-9)12(17)10-2-1-3-11(16)14-10/h1-3,9H,4-8,13H2,(H,14,16). The Morgan fingerprint density at radius 2 is 2.35 bits per heavy atom. The van der Waals surface area contributed by atoms with Crippen molar-refractivity contribution in [3.05, 3.63) is 34.2 Å². The number of rotatable bonds is 3. The summed E-state index contributed by atoms with van der Waals surface area (Å²) in [7, 11) is 0. The summed E-state index contributed by atoms with van der Waals surface area (Å²) in [6.45, 7) is 2.16. The normalized spacial score (nSPS) is 19.6. The number of nitrogens with zero attached hydrogens (tertiary/aromatic N) is 1. The number of nitrogens with two attached hydrogens (primary N) is 1. The van der Waals surface area contributed by atoms with E-state index < -0.39 is 0 Å². The molecule has 0 spiro atoms. The molecule has 1 aromatic heterocycles. The molecule has 2 rings (SSSR count). The zero-order chi connectivity index (χ0) is 12.3. The van der Waals surface area contributed by atoms with E-state index in [1.165, 1.54) is 6.07 Å². The van der Waals surface area contributed by atoms with Crippen LogP contribution in [0, 0.1) is 5.92 Å². The molecule has 92 valence electrons. The summed E-state index contributed by atoms with van der Waals surface area (Å²) in [6.07, 6.45) is 1.95. The smallest absolute Gasteiger partial charge is 0.270 e. The maximum atomic E-state index is 12.1. The summed E-state index contributed by atoms with van der Waals surface area (Å²) in [4.78, 5) is 27.5. The number of likely N-dealkylation sites (tertiary alicyclic amines) is 1. The van der Waals surface area contributed by atoms with Gasteiger partial charge in [0.15, 0.2) is 0 Å². The lowest BCUT2D eigenvalue weighted by atomic mass is 10.1. The Labute approximate surface area is 99.6 Å². The van der Waals surface area contributed by atoms with E-state index in [0.717, 1.165) is 25.9 Å². The van der Waals surface area contributed by atoms with Crippen LogP contribution in [0.2, 0.25) is 0 Å². The average molecular weight is 235 g/mol. The third-order valence-corrected chi connectivity index (χ3v) is 3.15. The molecule has 2 heterocycles. The number of pyridine rings is 1. The van der Waals surface area contributed by atoms with Crippen LogP contribution in [0.15, 0.2) is 23.0 Å². The summed E-state index contributed by atoms with van der Waals surface area (Å²) < 4.78 is 0. The third-order valence-electron chi connectivity index (χ3n) is 3.15. The number of amides is 1. The second kappa shape index (κ2) is 5.14. The SMILES string of the molecule is NCCC1CCN(C(=O)c2cccc(=O)[nH]2)C1. The molecule has 0 bridgehead atoms. The maximum absolute atomic E-state index is 12.1. The highest BCUT2D eigenvalue weighted by molar-refractivity contribution is 5.92. The molecule has 1 unspecified atom stereocenters. The first-order valence-corrected chi connectivity index (χ1v) is 5.89. The van der Waals surface area contributed by atoms with E-state index in [4.69, 9.17) is 5.73 Å². The van der Waals surface area contributed by atoms with Crippen LogP contribution < -0.4 is 11.3 Å². The van der Waals surface area contributed by atoms with Gasteiger partial charge in [-0.05, 0) is 31.4 Å². The van der Waals surface area contributed by atoms with Gasteiger partial charge in [-0.3, -0.25) is 9.59 Å². The quantitative estimate of drug-likeness (QED) is 0.784. The number of nitrogens with one attached hydrogen (secondary N) is 1. The lowest BCUT2D eigenvalue weighted by Gasteiger charge is -2.16. The average Bonchev–Trinajstić information content (AvgIpc) is 2.77. The van der Waals surface area contributed by atoms with Crippen LogP contribution in [0.3, 0.4) is 0 Å². The van der Waals surface area contributed by atoms with Crippen molar-refractivity contribution in [1.29, 1.82) is 0 Å². The van der Waals surface area contributed by atoms with Gasteiger partial charge in [-0.15, -0.1) is 0 Å². The fourth-order valence-electron chi connectivity index (χ4n) is 2.23. The third kappa shape index (κ3) is 2.74. The van der Waals surface area contributed by atoms with Crippen molar-refractivity contribution >= 4 is 5.91 Å². The fraction of sp³-hybridized carbons (Fsp3) is 0.500. The van der Waals surface area contributed by atoms with Crippen LogP contribution in [0.25, 0.3) is 0 Å². The van der Waals surface area contributed by atoms with E-state index in [-0.39, 0.29) is 11.5 Å². The minimum absolute atomic E-state index is 0.0952. The summed E-state index contributed by atoms with van der Waals surface area (Å²) >= 11 is 0. The van der Waals surface area contributed by atoms with Crippen molar-refractivity contribution in [1.82, 2.24) is 9.88 Å². The van der Waals surface area contributed by atoms with Crippen molar-refractivity contribution in [3.8, 4) is 0 Å². The predicted molar refractivity (Wildman–Crippen MR) is 64.7 cm³/mol. The molecule has 1 aliphatic rings. The highest BCUT2D eigenvalue weighted by Crippen LogP contribution is 2.20. The Balaban J connectivity index is 2.04. The summed E-state index contributed by atoms with van der Waals surface area (Å²) in [6, 6.07) is 4.64. The van der Waals surface area contributed by atoms with E-state index in [2.05, 4.69) is 4.98 Å². The van der Waals surface area contributed by atoms with Gasteiger partial charge in [0.05, 0.1) is 0 Å². The van der Waals surface area contributed by atoms with Crippen molar-refractivity contribution in [2.45, 2.75) is 12.8 Å². The van der Waals surface area contributed by atoms with Gasteiger partial charge in [0.2, 0.25) is 5.56 Å². The van der Waals surface area contributed by atoms with Crippen molar-refractivity contribution in [2.24, 2.45) is 11.7 Å². The molecule has 1 aliphatic heterocycles. The van der Waals surface area contributed by atoms with E-state index in [0.29, 0.717) is 18.2 Å². The molecule has 1 atom stereocenters. The lowest BCUT2D eigenvalue weighted by molar-refractivity contribution is 0.0780. The van der Waals surface area contributed by atoms with Crippen LogP contribution in [0.1, 0.15) is 23.3 Å². The van der Waals surface area contributed by atoms with Crippen molar-refractivity contribution in [2.75, 3.05) is 19.6 Å².